The number of anilines is 1. The number of aryl methyl sites for hydroxylation is 2. The lowest BCUT2D eigenvalue weighted by atomic mass is 9.65. The summed E-state index contributed by atoms with van der Waals surface area (Å²) in [6, 6.07) is 15.3. The van der Waals surface area contributed by atoms with Gasteiger partial charge in [0.15, 0.2) is 0 Å². The molecule has 0 amide bonds. The molecule has 8 heteroatoms. The van der Waals surface area contributed by atoms with Crippen molar-refractivity contribution < 1.29 is 17.9 Å². The van der Waals surface area contributed by atoms with Crippen LogP contribution in [-0.4, -0.2) is 37.2 Å². The smallest absolute Gasteiger partial charge is 0.264 e. The molecule has 4 bridgehead atoms. The quantitative estimate of drug-likeness (QED) is 0.351. The SMILES string of the molecule is Cc1cccc(C)c1-c1cc2nc(n1)NS(=O)(=O)c1cccc(c1)C(C1CC(OC(C)C)C1)[C@H](CC(C)C)CO2. The molecule has 1 N–H and O–H groups in total. The van der Waals surface area contributed by atoms with Crippen molar-refractivity contribution in [1.82, 2.24) is 9.97 Å². The molecule has 7 nitrogen and oxygen atoms in total. The van der Waals surface area contributed by atoms with Gasteiger partial charge >= 0.3 is 0 Å². The van der Waals surface area contributed by atoms with Gasteiger partial charge in [0.05, 0.1) is 29.4 Å². The van der Waals surface area contributed by atoms with E-state index in [0.29, 0.717) is 30.0 Å². The van der Waals surface area contributed by atoms with Crippen molar-refractivity contribution in [2.75, 3.05) is 11.3 Å². The zero-order valence-corrected chi connectivity index (χ0v) is 25.2. The second kappa shape index (κ2) is 11.5. The molecule has 2 heterocycles. The van der Waals surface area contributed by atoms with Crippen LogP contribution in [0.15, 0.2) is 53.4 Å². The minimum Gasteiger partial charge on any atom is -0.477 e. The van der Waals surface area contributed by atoms with Crippen molar-refractivity contribution in [3.63, 3.8) is 0 Å². The number of nitrogens with zero attached hydrogens (tertiary/aromatic N) is 2. The molecule has 1 saturated carbocycles. The van der Waals surface area contributed by atoms with E-state index in [9.17, 15) is 8.42 Å². The molecule has 5 rings (SSSR count). The lowest BCUT2D eigenvalue weighted by molar-refractivity contribution is -0.0741. The molecule has 1 aliphatic heterocycles. The molecule has 2 aromatic carbocycles. The van der Waals surface area contributed by atoms with Crippen LogP contribution in [0, 0.1) is 31.6 Å². The normalized spacial score (nSPS) is 23.9. The van der Waals surface area contributed by atoms with Gasteiger partial charge in [-0.3, -0.25) is 0 Å². The Bertz CT molecular complexity index is 1440. The summed E-state index contributed by atoms with van der Waals surface area (Å²) in [6.45, 7) is 13.1. The molecule has 3 aromatic rings. The van der Waals surface area contributed by atoms with Crippen molar-refractivity contribution in [3.05, 3.63) is 65.2 Å². The van der Waals surface area contributed by atoms with E-state index in [4.69, 9.17) is 9.47 Å². The highest BCUT2D eigenvalue weighted by molar-refractivity contribution is 7.92. The first-order valence-electron chi connectivity index (χ1n) is 14.4. The van der Waals surface area contributed by atoms with Gasteiger partial charge in [-0.1, -0.05) is 44.2 Å². The fourth-order valence-corrected chi connectivity index (χ4v) is 7.40. The maximum Gasteiger partial charge on any atom is 0.264 e. The van der Waals surface area contributed by atoms with Crippen molar-refractivity contribution >= 4 is 16.0 Å². The summed E-state index contributed by atoms with van der Waals surface area (Å²) in [5.74, 6) is 1.53. The van der Waals surface area contributed by atoms with Crippen LogP contribution in [-0.2, 0) is 14.8 Å². The van der Waals surface area contributed by atoms with Crippen molar-refractivity contribution in [3.8, 4) is 17.1 Å². The molecular formula is C32H41N3O4S. The van der Waals surface area contributed by atoms with Crippen LogP contribution in [0.5, 0.6) is 5.88 Å². The predicted molar refractivity (Wildman–Crippen MR) is 158 cm³/mol. The highest BCUT2D eigenvalue weighted by Crippen LogP contribution is 2.47. The summed E-state index contributed by atoms with van der Waals surface area (Å²) < 4.78 is 42.4. The average molecular weight is 564 g/mol. The second-order valence-electron chi connectivity index (χ2n) is 12.1. The monoisotopic (exact) mass is 563 g/mol. The van der Waals surface area contributed by atoms with E-state index in [-0.39, 0.29) is 34.9 Å². The van der Waals surface area contributed by atoms with E-state index in [0.717, 1.165) is 41.5 Å². The Labute approximate surface area is 238 Å². The van der Waals surface area contributed by atoms with Crippen molar-refractivity contribution in [2.45, 2.75) is 83.8 Å². The van der Waals surface area contributed by atoms with Crippen LogP contribution < -0.4 is 9.46 Å². The number of aromatic nitrogens is 2. The summed E-state index contributed by atoms with van der Waals surface area (Å²) in [7, 11) is -3.93. The van der Waals surface area contributed by atoms with Gasteiger partial charge in [-0.05, 0) is 93.5 Å². The van der Waals surface area contributed by atoms with Crippen LogP contribution in [0.3, 0.4) is 0 Å². The van der Waals surface area contributed by atoms with Gasteiger partial charge in [0, 0.05) is 17.5 Å². The molecule has 40 heavy (non-hydrogen) atoms. The Morgan fingerprint density at radius 1 is 1.00 bits per heavy atom. The maximum absolute atomic E-state index is 13.6. The van der Waals surface area contributed by atoms with Gasteiger partial charge < -0.3 is 9.47 Å². The van der Waals surface area contributed by atoms with Gasteiger partial charge in [0.25, 0.3) is 10.0 Å². The Balaban J connectivity index is 1.60. The maximum atomic E-state index is 13.6. The largest absolute Gasteiger partial charge is 0.477 e. The van der Waals surface area contributed by atoms with Gasteiger partial charge in [0.2, 0.25) is 11.8 Å². The number of sulfonamides is 1. The minimum absolute atomic E-state index is 0.00533. The molecule has 0 radical (unpaired) electrons. The Morgan fingerprint density at radius 3 is 2.38 bits per heavy atom. The summed E-state index contributed by atoms with van der Waals surface area (Å²) in [6.07, 6.45) is 3.30. The van der Waals surface area contributed by atoms with E-state index in [1.807, 2.05) is 50.2 Å². The third-order valence-corrected chi connectivity index (χ3v) is 9.38. The van der Waals surface area contributed by atoms with E-state index in [1.54, 1.807) is 6.07 Å². The van der Waals surface area contributed by atoms with Gasteiger partial charge in [-0.2, -0.15) is 4.98 Å². The summed E-state index contributed by atoms with van der Waals surface area (Å²) in [5, 5.41) is 0. The van der Waals surface area contributed by atoms with E-state index >= 15 is 0 Å². The number of ether oxygens (including phenoxy) is 2. The Morgan fingerprint density at radius 2 is 1.70 bits per heavy atom. The molecule has 1 unspecified atom stereocenters. The molecule has 2 aliphatic rings. The molecule has 0 saturated heterocycles. The molecule has 0 spiro atoms. The molecule has 214 valence electrons. The van der Waals surface area contributed by atoms with E-state index in [2.05, 4.69) is 48.5 Å². The molecular weight excluding hydrogens is 522 g/mol. The fourth-order valence-electron chi connectivity index (χ4n) is 6.40. The topological polar surface area (TPSA) is 90.4 Å². The third-order valence-electron chi connectivity index (χ3n) is 8.05. The first kappa shape index (κ1) is 28.6. The number of rotatable bonds is 6. The lowest BCUT2D eigenvalue weighted by Gasteiger charge is -2.44. The summed E-state index contributed by atoms with van der Waals surface area (Å²) >= 11 is 0. The van der Waals surface area contributed by atoms with Gasteiger partial charge in [-0.25, -0.2) is 18.1 Å². The minimum atomic E-state index is -3.93. The van der Waals surface area contributed by atoms with Crippen LogP contribution in [0.25, 0.3) is 11.3 Å². The Kier molecular flexibility index (Phi) is 8.20. The number of benzene rings is 2. The average Bonchev–Trinajstić information content (AvgIpc) is 2.84. The molecule has 1 aliphatic carbocycles. The summed E-state index contributed by atoms with van der Waals surface area (Å²) in [4.78, 5) is 9.35. The Hall–Kier alpha value is -2.97. The third kappa shape index (κ3) is 6.18. The zero-order valence-electron chi connectivity index (χ0n) is 24.3. The number of fused-ring (bicyclic) bond motifs is 4. The number of hydrogen-bond donors (Lipinski definition) is 1. The van der Waals surface area contributed by atoms with Crippen LogP contribution >= 0.6 is 0 Å². The first-order valence-corrected chi connectivity index (χ1v) is 15.8. The van der Waals surface area contributed by atoms with Crippen molar-refractivity contribution in [2.24, 2.45) is 17.8 Å². The summed E-state index contributed by atoms with van der Waals surface area (Å²) in [5.41, 5.74) is 4.72. The van der Waals surface area contributed by atoms with Crippen LogP contribution in [0.4, 0.5) is 5.95 Å². The zero-order chi connectivity index (χ0) is 28.6. The van der Waals surface area contributed by atoms with Crippen LogP contribution in [0.1, 0.15) is 69.6 Å². The molecule has 2 atom stereocenters. The lowest BCUT2D eigenvalue weighted by Crippen LogP contribution is -2.40. The van der Waals surface area contributed by atoms with Gasteiger partial charge in [0.1, 0.15) is 0 Å². The van der Waals surface area contributed by atoms with Crippen molar-refractivity contribution in [1.29, 1.82) is 0 Å². The van der Waals surface area contributed by atoms with E-state index < -0.39 is 10.0 Å². The second-order valence-corrected chi connectivity index (χ2v) is 13.8. The van der Waals surface area contributed by atoms with Crippen LogP contribution in [0.2, 0.25) is 0 Å². The first-order chi connectivity index (χ1) is 19.0. The molecule has 1 aromatic heterocycles. The van der Waals surface area contributed by atoms with E-state index in [1.165, 1.54) is 0 Å². The number of nitrogens with one attached hydrogen (secondary N) is 1. The molecule has 1 fully saturated rings. The predicted octanol–water partition coefficient (Wildman–Crippen LogP) is 6.90. The fraction of sp³-hybridized carbons (Fsp3) is 0.500. The van der Waals surface area contributed by atoms with Gasteiger partial charge in [-0.15, -0.1) is 0 Å². The highest BCUT2D eigenvalue weighted by Gasteiger charge is 2.41. The standard InChI is InChI=1S/C32H41N3O4S/c1-19(2)13-25-18-38-29-17-28(30-21(5)9-7-10-22(30)6)33-32(34-29)35-40(36,37)27-12-8-11-23(16-27)31(25)24-14-26(15-24)39-20(3)4/h7-12,16-17,19-20,24-26,31H,13-15,18H2,1-6H3,(H,33,34,35)/t24?,25-,26?,31?/m1/s1. The highest BCUT2D eigenvalue weighted by atomic mass is 32.2. The number of hydrogen-bond acceptors (Lipinski definition) is 6.